The molecule has 1 aromatic heterocycles. The number of allylic oxidation sites excluding steroid dienone is 4. The lowest BCUT2D eigenvalue weighted by Crippen LogP contribution is -2.19. The molecule has 24 heavy (non-hydrogen) atoms. The maximum absolute atomic E-state index is 14.1. The summed E-state index contributed by atoms with van der Waals surface area (Å²) in [4.78, 5) is 29.4. The monoisotopic (exact) mass is 347 g/mol. The van der Waals surface area contributed by atoms with E-state index < -0.39 is 23.3 Å². The molecule has 0 radical (unpaired) electrons. The normalized spacial score (nSPS) is 17.4. The van der Waals surface area contributed by atoms with Crippen molar-refractivity contribution in [2.45, 2.75) is 26.7 Å². The number of hydrogen-bond donors (Lipinski definition) is 2. The number of halogens is 1. The van der Waals surface area contributed by atoms with Crippen molar-refractivity contribution in [2.75, 3.05) is 0 Å². The minimum Gasteiger partial charge on any atom is -0.505 e. The molecule has 0 bridgehead atoms. The Morgan fingerprint density at radius 3 is 2.62 bits per heavy atom. The number of carboxylic acids is 1. The van der Waals surface area contributed by atoms with Crippen LogP contribution in [0.3, 0.4) is 0 Å². The van der Waals surface area contributed by atoms with E-state index >= 15 is 0 Å². The summed E-state index contributed by atoms with van der Waals surface area (Å²) in [7, 11) is 0. The van der Waals surface area contributed by atoms with E-state index in [1.807, 2.05) is 6.92 Å². The zero-order valence-corrected chi connectivity index (χ0v) is 13.8. The van der Waals surface area contributed by atoms with Gasteiger partial charge in [0.15, 0.2) is 5.76 Å². The molecule has 2 N–H and O–H groups in total. The number of ketones is 1. The number of Topliss-reactive ketones (excluding diaryl/α,β-unsaturated/α-hetero) is 1. The SMILES string of the molecule is CC1=C(CC(=O)O)C2=C(C(=O)c3ccc(C)s3)C(O)=C(F)CC2=N1. The highest BCUT2D eigenvalue weighted by Gasteiger charge is 2.37. The number of aryl methyl sites for hydroxylation is 1. The molecule has 5 nitrogen and oxygen atoms in total. The zero-order valence-electron chi connectivity index (χ0n) is 13.0. The zero-order chi connectivity index (χ0) is 17.6. The van der Waals surface area contributed by atoms with Crippen molar-refractivity contribution in [3.63, 3.8) is 0 Å². The van der Waals surface area contributed by atoms with Crippen LogP contribution < -0.4 is 0 Å². The lowest BCUT2D eigenvalue weighted by atomic mass is 9.85. The highest BCUT2D eigenvalue weighted by Crippen LogP contribution is 2.40. The van der Waals surface area contributed by atoms with Crippen LogP contribution in [-0.2, 0) is 4.79 Å². The van der Waals surface area contributed by atoms with Crippen molar-refractivity contribution in [3.8, 4) is 0 Å². The van der Waals surface area contributed by atoms with E-state index in [9.17, 15) is 19.1 Å². The molecule has 3 rings (SSSR count). The van der Waals surface area contributed by atoms with Crippen molar-refractivity contribution in [1.29, 1.82) is 0 Å². The smallest absolute Gasteiger partial charge is 0.307 e. The van der Waals surface area contributed by atoms with Crippen LogP contribution in [0, 0.1) is 6.92 Å². The van der Waals surface area contributed by atoms with E-state index in [1.165, 1.54) is 11.3 Å². The average molecular weight is 347 g/mol. The van der Waals surface area contributed by atoms with Gasteiger partial charge in [-0.15, -0.1) is 11.3 Å². The standard InChI is InChI=1S/C17H14FNO4S/c1-7-3-4-12(24-7)17(23)15-14-9(5-13(20)21)8(2)19-11(14)6-10(18)16(15)22/h3-4,22H,5-6H2,1-2H3,(H,20,21). The van der Waals surface area contributed by atoms with E-state index in [-0.39, 0.29) is 29.7 Å². The van der Waals surface area contributed by atoms with Crippen LogP contribution >= 0.6 is 11.3 Å². The average Bonchev–Trinajstić information content (AvgIpc) is 3.05. The highest BCUT2D eigenvalue weighted by molar-refractivity contribution is 7.14. The Labute approximate surface area is 141 Å². The minimum absolute atomic E-state index is 0.201. The number of fused-ring (bicyclic) bond motifs is 1. The van der Waals surface area contributed by atoms with Gasteiger partial charge in [-0.25, -0.2) is 4.39 Å². The van der Waals surface area contributed by atoms with Gasteiger partial charge in [-0.3, -0.25) is 14.6 Å². The second kappa shape index (κ2) is 5.83. The van der Waals surface area contributed by atoms with Gasteiger partial charge >= 0.3 is 5.97 Å². The first-order chi connectivity index (χ1) is 11.3. The number of carboxylic acid groups (broad SMARTS) is 1. The third-order valence-corrected chi connectivity index (χ3v) is 4.91. The van der Waals surface area contributed by atoms with Crippen LogP contribution in [-0.4, -0.2) is 27.7 Å². The van der Waals surface area contributed by atoms with Crippen molar-refractivity contribution in [2.24, 2.45) is 4.99 Å². The van der Waals surface area contributed by atoms with Crippen LogP contribution in [0.4, 0.5) is 4.39 Å². The van der Waals surface area contributed by atoms with E-state index in [4.69, 9.17) is 5.11 Å². The van der Waals surface area contributed by atoms with Crippen LogP contribution in [0.5, 0.6) is 0 Å². The fraction of sp³-hybridized carbons (Fsp3) is 0.235. The molecule has 0 spiro atoms. The number of aliphatic imine (C=N–C) groups is 1. The third-order valence-electron chi connectivity index (χ3n) is 3.92. The molecule has 124 valence electrons. The molecule has 0 unspecified atom stereocenters. The van der Waals surface area contributed by atoms with Gasteiger partial charge in [0.1, 0.15) is 5.83 Å². The van der Waals surface area contributed by atoms with Crippen LogP contribution in [0.1, 0.15) is 34.3 Å². The fourth-order valence-electron chi connectivity index (χ4n) is 2.86. The van der Waals surface area contributed by atoms with Gasteiger partial charge in [-0.2, -0.15) is 0 Å². The van der Waals surface area contributed by atoms with Gasteiger partial charge in [0.25, 0.3) is 0 Å². The quantitative estimate of drug-likeness (QED) is 0.809. The molecule has 0 atom stereocenters. The summed E-state index contributed by atoms with van der Waals surface area (Å²) in [6.45, 7) is 3.45. The summed E-state index contributed by atoms with van der Waals surface area (Å²) in [5.41, 5.74) is 1.11. The molecule has 0 aromatic carbocycles. The predicted molar refractivity (Wildman–Crippen MR) is 88.2 cm³/mol. The Bertz CT molecular complexity index is 901. The van der Waals surface area contributed by atoms with E-state index in [0.29, 0.717) is 16.1 Å². The summed E-state index contributed by atoms with van der Waals surface area (Å²) in [6, 6.07) is 3.36. The number of thiophene rings is 1. The molecule has 2 aliphatic rings. The summed E-state index contributed by atoms with van der Waals surface area (Å²) in [5.74, 6) is -3.17. The number of rotatable bonds is 4. The first-order valence-corrected chi connectivity index (χ1v) is 8.04. The first kappa shape index (κ1) is 16.3. The molecular formula is C17H14FNO4S. The molecule has 0 amide bonds. The van der Waals surface area contributed by atoms with Crippen molar-refractivity contribution in [3.05, 3.63) is 55.9 Å². The summed E-state index contributed by atoms with van der Waals surface area (Å²) in [5, 5.41) is 19.3. The summed E-state index contributed by atoms with van der Waals surface area (Å²) < 4.78 is 14.1. The maximum atomic E-state index is 14.1. The van der Waals surface area contributed by atoms with Crippen molar-refractivity contribution in [1.82, 2.24) is 0 Å². The molecule has 0 fully saturated rings. The van der Waals surface area contributed by atoms with Crippen LogP contribution in [0.25, 0.3) is 0 Å². The lowest BCUT2D eigenvalue weighted by molar-refractivity contribution is -0.136. The minimum atomic E-state index is -1.08. The molecule has 1 aliphatic carbocycles. The van der Waals surface area contributed by atoms with Crippen LogP contribution in [0.15, 0.2) is 51.1 Å². The molecule has 0 saturated heterocycles. The van der Waals surface area contributed by atoms with E-state index in [1.54, 1.807) is 19.1 Å². The summed E-state index contributed by atoms with van der Waals surface area (Å²) in [6.07, 6.45) is -0.592. The Balaban J connectivity index is 2.20. The van der Waals surface area contributed by atoms with Gasteiger partial charge in [-0.05, 0) is 31.6 Å². The van der Waals surface area contributed by atoms with E-state index in [0.717, 1.165) is 4.88 Å². The third kappa shape index (κ3) is 2.60. The number of nitrogens with zero attached hydrogens (tertiary/aromatic N) is 1. The Hall–Kier alpha value is -2.54. The topological polar surface area (TPSA) is 87.0 Å². The molecular weight excluding hydrogens is 333 g/mol. The van der Waals surface area contributed by atoms with Crippen LogP contribution in [0.2, 0.25) is 0 Å². The summed E-state index contributed by atoms with van der Waals surface area (Å²) >= 11 is 1.23. The van der Waals surface area contributed by atoms with Gasteiger partial charge in [-0.1, -0.05) is 0 Å². The number of aliphatic carboxylic acids is 1. The second-order valence-corrected chi connectivity index (χ2v) is 6.90. The second-order valence-electron chi connectivity index (χ2n) is 5.61. The van der Waals surface area contributed by atoms with Crippen molar-refractivity contribution >= 4 is 28.8 Å². The lowest BCUT2D eigenvalue weighted by Gasteiger charge is -2.19. The Morgan fingerprint density at radius 2 is 2.04 bits per heavy atom. The van der Waals surface area contributed by atoms with E-state index in [2.05, 4.69) is 4.99 Å². The van der Waals surface area contributed by atoms with Gasteiger partial charge in [0.05, 0.1) is 22.6 Å². The van der Waals surface area contributed by atoms with Gasteiger partial charge in [0, 0.05) is 22.6 Å². The molecule has 1 aromatic rings. The molecule has 7 heteroatoms. The first-order valence-electron chi connectivity index (χ1n) is 7.22. The number of aliphatic hydroxyl groups excluding tert-OH is 1. The molecule has 0 saturated carbocycles. The number of carbonyl (C=O) groups excluding carboxylic acids is 1. The predicted octanol–water partition coefficient (Wildman–Crippen LogP) is 3.88. The number of hydrogen-bond acceptors (Lipinski definition) is 5. The molecule has 2 heterocycles. The Morgan fingerprint density at radius 1 is 1.33 bits per heavy atom. The Kier molecular flexibility index (Phi) is 3.96. The van der Waals surface area contributed by atoms with Gasteiger partial charge in [0.2, 0.25) is 5.78 Å². The number of aliphatic hydroxyl groups is 1. The molecule has 1 aliphatic heterocycles. The number of carbonyl (C=O) groups is 2. The van der Waals surface area contributed by atoms with Crippen molar-refractivity contribution < 1.29 is 24.2 Å². The van der Waals surface area contributed by atoms with Gasteiger partial charge < -0.3 is 10.2 Å². The largest absolute Gasteiger partial charge is 0.505 e. The fourth-order valence-corrected chi connectivity index (χ4v) is 3.67. The maximum Gasteiger partial charge on any atom is 0.307 e. The highest BCUT2D eigenvalue weighted by atomic mass is 32.1.